The number of sulfonamides is 1. The lowest BCUT2D eigenvalue weighted by Gasteiger charge is -2.12. The number of nitrogens with zero attached hydrogens (tertiary/aromatic N) is 1. The van der Waals surface area contributed by atoms with Crippen molar-refractivity contribution >= 4 is 10.0 Å². The molecule has 0 heterocycles. The van der Waals surface area contributed by atoms with Crippen LogP contribution in [0.4, 0.5) is 0 Å². The zero-order chi connectivity index (χ0) is 12.9. The summed E-state index contributed by atoms with van der Waals surface area (Å²) < 4.78 is 26.2. The van der Waals surface area contributed by atoms with E-state index in [1.807, 2.05) is 6.07 Å². The molecule has 0 aliphatic heterocycles. The van der Waals surface area contributed by atoms with E-state index in [-0.39, 0.29) is 17.5 Å². The summed E-state index contributed by atoms with van der Waals surface area (Å²) in [5.41, 5.74) is 0.294. The Morgan fingerprint density at radius 2 is 2.24 bits per heavy atom. The topological polar surface area (TPSA) is 90.2 Å². The lowest BCUT2D eigenvalue weighted by molar-refractivity contribution is 0.275. The maximum absolute atomic E-state index is 11.9. The normalized spacial score (nSPS) is 13.0. The van der Waals surface area contributed by atoms with Crippen molar-refractivity contribution in [2.24, 2.45) is 0 Å². The summed E-state index contributed by atoms with van der Waals surface area (Å²) in [5, 5.41) is 17.4. The molecule has 1 unspecified atom stereocenters. The first-order chi connectivity index (χ1) is 7.99. The van der Waals surface area contributed by atoms with E-state index in [1.54, 1.807) is 6.92 Å². The minimum Gasteiger partial charge on any atom is -0.396 e. The fourth-order valence-corrected chi connectivity index (χ4v) is 2.64. The largest absolute Gasteiger partial charge is 0.396 e. The summed E-state index contributed by atoms with van der Waals surface area (Å²) >= 11 is 0. The monoisotopic (exact) mass is 254 g/mol. The van der Waals surface area contributed by atoms with Gasteiger partial charge in [-0.1, -0.05) is 6.07 Å². The van der Waals surface area contributed by atoms with Gasteiger partial charge < -0.3 is 5.11 Å². The van der Waals surface area contributed by atoms with Crippen molar-refractivity contribution in [3.8, 4) is 6.07 Å². The average molecular weight is 254 g/mol. The Balaban J connectivity index is 2.94. The fourth-order valence-electron chi connectivity index (χ4n) is 1.32. The molecule has 0 amide bonds. The van der Waals surface area contributed by atoms with Crippen LogP contribution < -0.4 is 4.72 Å². The third kappa shape index (κ3) is 3.82. The molecule has 1 rings (SSSR count). The van der Waals surface area contributed by atoms with Crippen molar-refractivity contribution in [3.05, 3.63) is 29.8 Å². The van der Waals surface area contributed by atoms with E-state index in [9.17, 15) is 8.42 Å². The van der Waals surface area contributed by atoms with Crippen LogP contribution in [0.2, 0.25) is 0 Å². The van der Waals surface area contributed by atoms with E-state index in [2.05, 4.69) is 4.72 Å². The van der Waals surface area contributed by atoms with Gasteiger partial charge in [-0.3, -0.25) is 0 Å². The summed E-state index contributed by atoms with van der Waals surface area (Å²) in [6, 6.07) is 7.33. The minimum absolute atomic E-state index is 0.0568. The van der Waals surface area contributed by atoms with E-state index in [1.165, 1.54) is 24.3 Å². The van der Waals surface area contributed by atoms with Crippen LogP contribution in [-0.4, -0.2) is 26.2 Å². The van der Waals surface area contributed by atoms with Crippen molar-refractivity contribution in [1.82, 2.24) is 4.72 Å². The molecule has 92 valence electrons. The molecule has 0 aliphatic rings. The fraction of sp³-hybridized carbons (Fsp3) is 0.364. The first kappa shape index (κ1) is 13.6. The van der Waals surface area contributed by atoms with E-state index in [4.69, 9.17) is 10.4 Å². The third-order valence-corrected chi connectivity index (χ3v) is 3.78. The molecule has 17 heavy (non-hydrogen) atoms. The van der Waals surface area contributed by atoms with Crippen LogP contribution in [0.25, 0.3) is 0 Å². The summed E-state index contributed by atoms with van der Waals surface area (Å²) in [4.78, 5) is 0.0568. The number of aliphatic hydroxyl groups excluding tert-OH is 1. The Labute approximate surface area is 101 Å². The highest BCUT2D eigenvalue weighted by Crippen LogP contribution is 2.11. The van der Waals surface area contributed by atoms with Crippen LogP contribution in [0, 0.1) is 11.3 Å². The smallest absolute Gasteiger partial charge is 0.240 e. The number of hydrogen-bond acceptors (Lipinski definition) is 4. The number of nitriles is 1. The first-order valence-corrected chi connectivity index (χ1v) is 6.61. The van der Waals surface area contributed by atoms with Crippen LogP contribution in [0.5, 0.6) is 0 Å². The molecule has 0 fully saturated rings. The van der Waals surface area contributed by atoms with E-state index in [0.717, 1.165) is 0 Å². The Morgan fingerprint density at radius 3 is 2.82 bits per heavy atom. The summed E-state index contributed by atoms with van der Waals surface area (Å²) in [7, 11) is -3.63. The Hall–Kier alpha value is -1.42. The maximum Gasteiger partial charge on any atom is 0.240 e. The molecule has 0 bridgehead atoms. The van der Waals surface area contributed by atoms with Gasteiger partial charge in [0.15, 0.2) is 0 Å². The molecular weight excluding hydrogens is 240 g/mol. The second-order valence-electron chi connectivity index (χ2n) is 3.67. The molecule has 0 aromatic heterocycles. The van der Waals surface area contributed by atoms with Crippen LogP contribution in [0.15, 0.2) is 29.2 Å². The molecule has 0 aliphatic carbocycles. The zero-order valence-electron chi connectivity index (χ0n) is 9.42. The van der Waals surface area contributed by atoms with Gasteiger partial charge >= 0.3 is 0 Å². The molecule has 6 heteroatoms. The van der Waals surface area contributed by atoms with Crippen molar-refractivity contribution in [2.75, 3.05) is 6.61 Å². The van der Waals surface area contributed by atoms with Gasteiger partial charge in [0.1, 0.15) is 0 Å². The van der Waals surface area contributed by atoms with Gasteiger partial charge in [0.2, 0.25) is 10.0 Å². The molecule has 0 saturated heterocycles. The number of benzene rings is 1. The van der Waals surface area contributed by atoms with Crippen LogP contribution >= 0.6 is 0 Å². The van der Waals surface area contributed by atoms with Crippen LogP contribution in [-0.2, 0) is 10.0 Å². The predicted octanol–water partition coefficient (Wildman–Crippen LogP) is 0.607. The highest BCUT2D eigenvalue weighted by atomic mass is 32.2. The molecule has 0 spiro atoms. The highest BCUT2D eigenvalue weighted by Gasteiger charge is 2.17. The van der Waals surface area contributed by atoms with Crippen molar-refractivity contribution < 1.29 is 13.5 Å². The van der Waals surface area contributed by atoms with E-state index < -0.39 is 10.0 Å². The summed E-state index contributed by atoms with van der Waals surface area (Å²) in [6.45, 7) is 1.59. The number of rotatable bonds is 5. The average Bonchev–Trinajstić information content (AvgIpc) is 2.28. The molecule has 0 radical (unpaired) electrons. The summed E-state index contributed by atoms with van der Waals surface area (Å²) in [6.07, 6.45) is 0.344. The van der Waals surface area contributed by atoms with E-state index in [0.29, 0.717) is 12.0 Å². The highest BCUT2D eigenvalue weighted by molar-refractivity contribution is 7.89. The van der Waals surface area contributed by atoms with Gasteiger partial charge in [-0.25, -0.2) is 13.1 Å². The number of hydrogen-bond donors (Lipinski definition) is 2. The SMILES string of the molecule is CC(CCO)NS(=O)(=O)c1cccc(C#N)c1. The number of nitrogens with one attached hydrogen (secondary N) is 1. The molecule has 2 N–H and O–H groups in total. The van der Waals surface area contributed by atoms with Crippen LogP contribution in [0.3, 0.4) is 0 Å². The van der Waals surface area contributed by atoms with Crippen molar-refractivity contribution in [2.45, 2.75) is 24.3 Å². The van der Waals surface area contributed by atoms with Crippen molar-refractivity contribution in [3.63, 3.8) is 0 Å². The molecule has 1 aromatic carbocycles. The first-order valence-electron chi connectivity index (χ1n) is 5.13. The molecule has 0 saturated carbocycles. The summed E-state index contributed by atoms with van der Waals surface area (Å²) in [5.74, 6) is 0. The van der Waals surface area contributed by atoms with Crippen LogP contribution in [0.1, 0.15) is 18.9 Å². The predicted molar refractivity (Wildman–Crippen MR) is 62.6 cm³/mol. The van der Waals surface area contributed by atoms with E-state index >= 15 is 0 Å². The minimum atomic E-state index is -3.63. The van der Waals surface area contributed by atoms with Gasteiger partial charge in [-0.15, -0.1) is 0 Å². The Bertz CT molecular complexity index is 520. The van der Waals surface area contributed by atoms with Gasteiger partial charge in [-0.2, -0.15) is 5.26 Å². The third-order valence-electron chi connectivity index (χ3n) is 2.19. The lowest BCUT2D eigenvalue weighted by Crippen LogP contribution is -2.33. The van der Waals surface area contributed by atoms with Crippen molar-refractivity contribution in [1.29, 1.82) is 5.26 Å². The Morgan fingerprint density at radius 1 is 1.53 bits per heavy atom. The zero-order valence-corrected chi connectivity index (χ0v) is 10.2. The molecular formula is C11H14N2O3S. The quantitative estimate of drug-likeness (QED) is 0.805. The van der Waals surface area contributed by atoms with Gasteiger partial charge in [0, 0.05) is 12.6 Å². The number of aliphatic hydroxyl groups is 1. The maximum atomic E-state index is 11.9. The Kier molecular flexibility index (Phi) is 4.63. The second-order valence-corrected chi connectivity index (χ2v) is 5.39. The second kappa shape index (κ2) is 5.77. The molecule has 1 atom stereocenters. The van der Waals surface area contributed by atoms with Gasteiger partial charge in [0.05, 0.1) is 16.5 Å². The standard InChI is InChI=1S/C11H14N2O3S/c1-9(5-6-14)13-17(15,16)11-4-2-3-10(7-11)8-12/h2-4,7,9,13-14H,5-6H2,1H3. The van der Waals surface area contributed by atoms with Gasteiger partial charge in [-0.05, 0) is 31.5 Å². The molecule has 5 nitrogen and oxygen atoms in total. The lowest BCUT2D eigenvalue weighted by atomic mass is 10.2. The van der Waals surface area contributed by atoms with Gasteiger partial charge in [0.25, 0.3) is 0 Å². The molecule has 1 aromatic rings.